The van der Waals surface area contributed by atoms with Gasteiger partial charge in [0.15, 0.2) is 0 Å². The van der Waals surface area contributed by atoms with Crippen LogP contribution in [0.4, 0.5) is 0 Å². The molecule has 4 heteroatoms. The molecule has 1 aromatic rings. The van der Waals surface area contributed by atoms with Crippen LogP contribution in [-0.2, 0) is 13.1 Å². The zero-order valence-corrected chi connectivity index (χ0v) is 18.7. The summed E-state index contributed by atoms with van der Waals surface area (Å²) >= 11 is 0. The standard InChI is InChI=1S/C24H41N3O/c1-18-6-8-26(9-7-18)13-21-11-22(20(3)10-19(21)2)14-27-15-23(12-25(4)5)24(16-27)17-28/h10-11,18,23-24,28H,6-9,12-17H2,1-5H3. The van der Waals surface area contributed by atoms with Crippen LogP contribution in [0.2, 0.25) is 0 Å². The Kier molecular flexibility index (Phi) is 7.54. The van der Waals surface area contributed by atoms with Crippen LogP contribution in [0.5, 0.6) is 0 Å². The summed E-state index contributed by atoms with van der Waals surface area (Å²) in [6.45, 7) is 15.0. The molecule has 4 nitrogen and oxygen atoms in total. The van der Waals surface area contributed by atoms with Crippen molar-refractivity contribution >= 4 is 0 Å². The molecule has 2 unspecified atom stereocenters. The topological polar surface area (TPSA) is 30.0 Å². The van der Waals surface area contributed by atoms with E-state index in [9.17, 15) is 5.11 Å². The second kappa shape index (κ2) is 9.71. The lowest BCUT2D eigenvalue weighted by Crippen LogP contribution is -2.32. The SMILES string of the molecule is Cc1cc(C)c(CN2CC(CO)C(CN(C)C)C2)cc1CN1CCC(C)CC1. The normalized spacial score (nSPS) is 25.1. The van der Waals surface area contributed by atoms with Crippen LogP contribution < -0.4 is 0 Å². The molecule has 2 aliphatic heterocycles. The van der Waals surface area contributed by atoms with Gasteiger partial charge in [-0.25, -0.2) is 0 Å². The first kappa shape index (κ1) is 21.8. The molecule has 0 spiro atoms. The molecular formula is C24H41N3O. The van der Waals surface area contributed by atoms with E-state index in [1.54, 1.807) is 0 Å². The molecule has 2 aliphatic rings. The fourth-order valence-electron chi connectivity index (χ4n) is 5.04. The highest BCUT2D eigenvalue weighted by Gasteiger charge is 2.32. The summed E-state index contributed by atoms with van der Waals surface area (Å²) in [6.07, 6.45) is 2.67. The highest BCUT2D eigenvalue weighted by Crippen LogP contribution is 2.27. The number of aliphatic hydroxyl groups excluding tert-OH is 1. The summed E-state index contributed by atoms with van der Waals surface area (Å²) in [5.41, 5.74) is 5.80. The van der Waals surface area contributed by atoms with Gasteiger partial charge in [-0.05, 0) is 93.9 Å². The summed E-state index contributed by atoms with van der Waals surface area (Å²) in [5.74, 6) is 1.86. The van der Waals surface area contributed by atoms with Crippen LogP contribution in [0, 0.1) is 31.6 Å². The van der Waals surface area contributed by atoms with Crippen LogP contribution in [0.15, 0.2) is 12.1 Å². The first-order valence-corrected chi connectivity index (χ1v) is 11.1. The van der Waals surface area contributed by atoms with Crippen molar-refractivity contribution in [2.24, 2.45) is 17.8 Å². The van der Waals surface area contributed by atoms with Crippen molar-refractivity contribution in [2.75, 3.05) is 53.4 Å². The number of piperidine rings is 1. The lowest BCUT2D eigenvalue weighted by atomic mass is 9.96. The van der Waals surface area contributed by atoms with E-state index in [1.807, 2.05) is 0 Å². The third-order valence-corrected chi connectivity index (χ3v) is 6.94. The van der Waals surface area contributed by atoms with Crippen molar-refractivity contribution < 1.29 is 5.11 Å². The lowest BCUT2D eigenvalue weighted by Gasteiger charge is -2.31. The molecule has 2 saturated heterocycles. The van der Waals surface area contributed by atoms with E-state index in [4.69, 9.17) is 0 Å². The largest absolute Gasteiger partial charge is 0.396 e. The molecule has 28 heavy (non-hydrogen) atoms. The zero-order chi connectivity index (χ0) is 20.3. The minimum atomic E-state index is 0.306. The molecule has 0 aliphatic carbocycles. The maximum absolute atomic E-state index is 9.82. The number of rotatable bonds is 7. The Bertz CT molecular complexity index is 637. The van der Waals surface area contributed by atoms with E-state index in [1.165, 1.54) is 48.2 Å². The molecule has 3 rings (SSSR count). The number of aliphatic hydroxyl groups is 1. The van der Waals surface area contributed by atoms with Gasteiger partial charge >= 0.3 is 0 Å². The minimum Gasteiger partial charge on any atom is -0.396 e. The second-order valence-electron chi connectivity index (χ2n) is 9.82. The van der Waals surface area contributed by atoms with Crippen molar-refractivity contribution in [1.29, 1.82) is 0 Å². The van der Waals surface area contributed by atoms with Crippen LogP contribution in [0.3, 0.4) is 0 Å². The molecule has 2 fully saturated rings. The van der Waals surface area contributed by atoms with Gasteiger partial charge in [-0.1, -0.05) is 19.1 Å². The molecule has 1 aromatic carbocycles. The number of nitrogens with zero attached hydrogens (tertiary/aromatic N) is 3. The number of hydrogen-bond donors (Lipinski definition) is 1. The van der Waals surface area contributed by atoms with E-state index in [-0.39, 0.29) is 0 Å². The van der Waals surface area contributed by atoms with Gasteiger partial charge < -0.3 is 10.0 Å². The molecule has 158 valence electrons. The van der Waals surface area contributed by atoms with Gasteiger partial charge in [-0.15, -0.1) is 0 Å². The number of aryl methyl sites for hydroxylation is 2. The quantitative estimate of drug-likeness (QED) is 0.778. The Labute approximate surface area is 172 Å². The molecule has 0 bridgehead atoms. The molecule has 0 radical (unpaired) electrons. The van der Waals surface area contributed by atoms with Crippen LogP contribution in [-0.4, -0.2) is 73.2 Å². The predicted octanol–water partition coefficient (Wildman–Crippen LogP) is 3.14. The van der Waals surface area contributed by atoms with E-state index in [2.05, 4.69) is 61.7 Å². The molecule has 0 saturated carbocycles. The Morgan fingerprint density at radius 1 is 0.929 bits per heavy atom. The third-order valence-electron chi connectivity index (χ3n) is 6.94. The highest BCUT2D eigenvalue weighted by molar-refractivity contribution is 5.37. The first-order chi connectivity index (χ1) is 13.4. The Balaban J connectivity index is 1.67. The van der Waals surface area contributed by atoms with Crippen molar-refractivity contribution in [2.45, 2.75) is 46.7 Å². The van der Waals surface area contributed by atoms with Gasteiger partial charge in [0, 0.05) is 39.3 Å². The molecule has 1 N–H and O–H groups in total. The first-order valence-electron chi connectivity index (χ1n) is 11.1. The molecule has 2 heterocycles. The average Bonchev–Trinajstić information content (AvgIpc) is 3.01. The zero-order valence-electron chi connectivity index (χ0n) is 18.7. The van der Waals surface area contributed by atoms with Gasteiger partial charge in [0.1, 0.15) is 0 Å². The van der Waals surface area contributed by atoms with Crippen LogP contribution in [0.25, 0.3) is 0 Å². The van der Waals surface area contributed by atoms with Crippen LogP contribution in [0.1, 0.15) is 42.0 Å². The van der Waals surface area contributed by atoms with Crippen molar-refractivity contribution in [1.82, 2.24) is 14.7 Å². The summed E-state index contributed by atoms with van der Waals surface area (Å²) in [6, 6.07) is 4.85. The Morgan fingerprint density at radius 2 is 1.50 bits per heavy atom. The summed E-state index contributed by atoms with van der Waals surface area (Å²) < 4.78 is 0. The Morgan fingerprint density at radius 3 is 2.07 bits per heavy atom. The smallest absolute Gasteiger partial charge is 0.0475 e. The van der Waals surface area contributed by atoms with E-state index >= 15 is 0 Å². The predicted molar refractivity (Wildman–Crippen MR) is 117 cm³/mol. The lowest BCUT2D eigenvalue weighted by molar-refractivity contribution is 0.183. The summed E-state index contributed by atoms with van der Waals surface area (Å²) in [4.78, 5) is 7.44. The van der Waals surface area contributed by atoms with Crippen molar-refractivity contribution in [3.8, 4) is 0 Å². The fraction of sp³-hybridized carbons (Fsp3) is 0.750. The monoisotopic (exact) mass is 387 g/mol. The number of hydrogen-bond acceptors (Lipinski definition) is 4. The maximum atomic E-state index is 9.82. The molecular weight excluding hydrogens is 346 g/mol. The number of likely N-dealkylation sites (tertiary alicyclic amines) is 2. The molecule has 2 atom stereocenters. The van der Waals surface area contributed by atoms with Gasteiger partial charge in [-0.3, -0.25) is 9.80 Å². The second-order valence-corrected chi connectivity index (χ2v) is 9.82. The molecule has 0 aromatic heterocycles. The van der Waals surface area contributed by atoms with Crippen molar-refractivity contribution in [3.63, 3.8) is 0 Å². The van der Waals surface area contributed by atoms with E-state index in [0.717, 1.165) is 38.6 Å². The highest BCUT2D eigenvalue weighted by atomic mass is 16.3. The maximum Gasteiger partial charge on any atom is 0.0475 e. The fourth-order valence-corrected chi connectivity index (χ4v) is 5.04. The van der Waals surface area contributed by atoms with Crippen LogP contribution >= 0.6 is 0 Å². The van der Waals surface area contributed by atoms with Gasteiger partial charge in [0.25, 0.3) is 0 Å². The summed E-state index contributed by atoms with van der Waals surface area (Å²) in [5, 5.41) is 9.82. The Hall–Kier alpha value is -0.940. The third kappa shape index (κ3) is 5.56. The van der Waals surface area contributed by atoms with Gasteiger partial charge in [-0.2, -0.15) is 0 Å². The van der Waals surface area contributed by atoms with E-state index in [0.29, 0.717) is 18.4 Å². The van der Waals surface area contributed by atoms with Crippen molar-refractivity contribution in [3.05, 3.63) is 34.4 Å². The van der Waals surface area contributed by atoms with Gasteiger partial charge in [0.2, 0.25) is 0 Å². The number of benzene rings is 1. The summed E-state index contributed by atoms with van der Waals surface area (Å²) in [7, 11) is 4.27. The molecule has 0 amide bonds. The average molecular weight is 388 g/mol. The minimum absolute atomic E-state index is 0.306. The van der Waals surface area contributed by atoms with Gasteiger partial charge in [0.05, 0.1) is 0 Å². The van der Waals surface area contributed by atoms with E-state index < -0.39 is 0 Å².